The molecule has 21 heavy (non-hydrogen) atoms. The highest BCUT2D eigenvalue weighted by Crippen LogP contribution is 2.08. The predicted molar refractivity (Wildman–Crippen MR) is 74.7 cm³/mol. The fourth-order valence-electron chi connectivity index (χ4n) is 1.35. The Bertz CT molecular complexity index is 668. The molecule has 3 amide bonds. The number of amides is 3. The van der Waals surface area contributed by atoms with Crippen LogP contribution < -0.4 is 16.2 Å². The Morgan fingerprint density at radius 1 is 1.38 bits per heavy atom. The molecule has 2 aromatic heterocycles. The Balaban J connectivity index is 1.71. The number of imide groups is 1. The summed E-state index contributed by atoms with van der Waals surface area (Å²) in [7, 11) is 0. The molecule has 3 N–H and O–H groups in total. The van der Waals surface area contributed by atoms with Crippen LogP contribution in [0.5, 0.6) is 0 Å². The molecule has 2 rings (SSSR count). The van der Waals surface area contributed by atoms with E-state index >= 15 is 0 Å². The summed E-state index contributed by atoms with van der Waals surface area (Å²) < 4.78 is 5.03. The molecule has 8 nitrogen and oxygen atoms in total. The molecule has 0 aliphatic heterocycles. The van der Waals surface area contributed by atoms with Crippen LogP contribution >= 0.6 is 11.8 Å². The van der Waals surface area contributed by atoms with E-state index in [4.69, 9.17) is 4.42 Å². The number of hydrogen-bond acceptors (Lipinski definition) is 6. The number of nitrogens with zero attached hydrogens (tertiary/aromatic N) is 1. The number of nitrogens with one attached hydrogen (secondary N) is 3. The maximum Gasteiger partial charge on any atom is 0.321 e. The summed E-state index contributed by atoms with van der Waals surface area (Å²) in [5.74, 6) is 0.0442. The van der Waals surface area contributed by atoms with Gasteiger partial charge in [-0.05, 0) is 12.1 Å². The van der Waals surface area contributed by atoms with Crippen molar-refractivity contribution in [1.29, 1.82) is 0 Å². The zero-order valence-corrected chi connectivity index (χ0v) is 11.6. The predicted octanol–water partition coefficient (Wildman–Crippen LogP) is 0.481. The molecule has 0 saturated carbocycles. The lowest BCUT2D eigenvalue weighted by Gasteiger charge is -2.05. The highest BCUT2D eigenvalue weighted by atomic mass is 32.2. The third-order valence-corrected chi connectivity index (χ3v) is 3.13. The number of urea groups is 1. The lowest BCUT2D eigenvalue weighted by Crippen LogP contribution is -2.39. The Morgan fingerprint density at radius 2 is 2.24 bits per heavy atom. The number of H-pyrrole nitrogens is 1. The van der Waals surface area contributed by atoms with Gasteiger partial charge in [-0.15, -0.1) is 0 Å². The van der Waals surface area contributed by atoms with Gasteiger partial charge in [0.05, 0.1) is 18.6 Å². The molecule has 0 aliphatic carbocycles. The molecule has 0 aliphatic rings. The van der Waals surface area contributed by atoms with Crippen molar-refractivity contribution < 1.29 is 14.0 Å². The molecule has 0 aromatic carbocycles. The normalized spacial score (nSPS) is 10.1. The number of rotatable bonds is 5. The molecule has 0 radical (unpaired) electrons. The van der Waals surface area contributed by atoms with Gasteiger partial charge >= 0.3 is 6.03 Å². The van der Waals surface area contributed by atoms with Crippen LogP contribution in [0.4, 0.5) is 4.79 Å². The number of aromatic amines is 1. The molecule has 0 fully saturated rings. The first-order valence-electron chi connectivity index (χ1n) is 5.91. The summed E-state index contributed by atoms with van der Waals surface area (Å²) in [6.45, 7) is 0.187. The number of hydrogen-bond donors (Lipinski definition) is 3. The second kappa shape index (κ2) is 7.29. The van der Waals surface area contributed by atoms with Crippen LogP contribution in [0.15, 0.2) is 45.0 Å². The van der Waals surface area contributed by atoms with Crippen LogP contribution in [0.25, 0.3) is 0 Å². The second-order valence-corrected chi connectivity index (χ2v) is 4.80. The fourth-order valence-corrected chi connectivity index (χ4v) is 1.99. The molecule has 0 spiro atoms. The van der Waals surface area contributed by atoms with Gasteiger partial charge in [0.2, 0.25) is 5.91 Å². The van der Waals surface area contributed by atoms with Gasteiger partial charge in [0, 0.05) is 12.3 Å². The quantitative estimate of drug-likeness (QED) is 0.546. The average molecular weight is 308 g/mol. The molecular formula is C12H12N4O4S. The highest BCUT2D eigenvalue weighted by Gasteiger charge is 2.09. The first-order chi connectivity index (χ1) is 10.1. The van der Waals surface area contributed by atoms with Crippen LogP contribution in [0.2, 0.25) is 0 Å². The first kappa shape index (κ1) is 14.9. The summed E-state index contributed by atoms with van der Waals surface area (Å²) >= 11 is 1.02. The minimum absolute atomic E-state index is 0.0406. The standard InChI is InChI=1S/C12H12N4O4S/c17-9-3-4-13-12(16-9)21-7-10(18)15-11(19)14-6-8-2-1-5-20-8/h1-5H,6-7H2,(H,13,16,17)(H2,14,15,18,19). The summed E-state index contributed by atoms with van der Waals surface area (Å²) in [6.07, 6.45) is 2.83. The SMILES string of the molecule is O=C(CSc1nccc(=O)[nH]1)NC(=O)NCc1ccco1. The van der Waals surface area contributed by atoms with E-state index in [0.29, 0.717) is 10.9 Å². The summed E-state index contributed by atoms with van der Waals surface area (Å²) in [6, 6.07) is 4.05. The molecule has 9 heteroatoms. The number of carbonyl (C=O) groups is 2. The van der Waals surface area contributed by atoms with Crippen LogP contribution in [0, 0.1) is 0 Å². The maximum absolute atomic E-state index is 11.5. The van der Waals surface area contributed by atoms with E-state index in [2.05, 4.69) is 20.6 Å². The first-order valence-corrected chi connectivity index (χ1v) is 6.90. The van der Waals surface area contributed by atoms with Crippen molar-refractivity contribution in [2.24, 2.45) is 0 Å². The molecule has 2 aromatic rings. The summed E-state index contributed by atoms with van der Waals surface area (Å²) in [5, 5.41) is 4.95. The zero-order chi connectivity index (χ0) is 15.1. The van der Waals surface area contributed by atoms with E-state index in [9.17, 15) is 14.4 Å². The van der Waals surface area contributed by atoms with Gasteiger partial charge in [0.15, 0.2) is 5.16 Å². The topological polar surface area (TPSA) is 117 Å². The molecule has 0 unspecified atom stereocenters. The van der Waals surface area contributed by atoms with Crippen molar-refractivity contribution in [3.8, 4) is 0 Å². The zero-order valence-electron chi connectivity index (χ0n) is 10.8. The minimum atomic E-state index is -0.619. The van der Waals surface area contributed by atoms with Crippen molar-refractivity contribution in [3.05, 3.63) is 46.8 Å². The highest BCUT2D eigenvalue weighted by molar-refractivity contribution is 7.99. The molecule has 0 atom stereocenters. The van der Waals surface area contributed by atoms with Crippen LogP contribution in [-0.2, 0) is 11.3 Å². The minimum Gasteiger partial charge on any atom is -0.467 e. The van der Waals surface area contributed by atoms with E-state index in [1.54, 1.807) is 12.1 Å². The number of furan rings is 1. The molecule has 0 saturated heterocycles. The summed E-state index contributed by atoms with van der Waals surface area (Å²) in [5.41, 5.74) is -0.302. The molecular weight excluding hydrogens is 296 g/mol. The number of thioether (sulfide) groups is 1. The van der Waals surface area contributed by atoms with Crippen LogP contribution in [0.1, 0.15) is 5.76 Å². The third-order valence-electron chi connectivity index (χ3n) is 2.24. The number of aromatic nitrogens is 2. The van der Waals surface area contributed by atoms with Gasteiger partial charge < -0.3 is 14.7 Å². The van der Waals surface area contributed by atoms with E-state index in [1.165, 1.54) is 18.5 Å². The van der Waals surface area contributed by atoms with Gasteiger partial charge in [0.25, 0.3) is 5.56 Å². The van der Waals surface area contributed by atoms with Crippen molar-refractivity contribution in [1.82, 2.24) is 20.6 Å². The summed E-state index contributed by atoms with van der Waals surface area (Å²) in [4.78, 5) is 40.3. The molecule has 0 bridgehead atoms. The Labute approximate surface area is 123 Å². The van der Waals surface area contributed by atoms with E-state index in [1.807, 2.05) is 0 Å². The lowest BCUT2D eigenvalue weighted by atomic mass is 10.4. The van der Waals surface area contributed by atoms with Crippen molar-refractivity contribution in [2.75, 3.05) is 5.75 Å². The Kier molecular flexibility index (Phi) is 5.16. The lowest BCUT2D eigenvalue weighted by molar-refractivity contribution is -0.117. The van der Waals surface area contributed by atoms with Gasteiger partial charge in [-0.2, -0.15) is 0 Å². The van der Waals surface area contributed by atoms with Crippen molar-refractivity contribution >= 4 is 23.7 Å². The average Bonchev–Trinajstić information content (AvgIpc) is 2.96. The monoisotopic (exact) mass is 308 g/mol. The largest absolute Gasteiger partial charge is 0.467 e. The third kappa shape index (κ3) is 5.15. The smallest absolute Gasteiger partial charge is 0.321 e. The second-order valence-electron chi connectivity index (χ2n) is 3.84. The molecule has 2 heterocycles. The van der Waals surface area contributed by atoms with Crippen LogP contribution in [-0.4, -0.2) is 27.7 Å². The van der Waals surface area contributed by atoms with Crippen molar-refractivity contribution in [3.63, 3.8) is 0 Å². The molecule has 110 valence electrons. The van der Waals surface area contributed by atoms with Gasteiger partial charge in [-0.1, -0.05) is 11.8 Å². The Hall–Kier alpha value is -2.55. The van der Waals surface area contributed by atoms with Gasteiger partial charge in [-0.25, -0.2) is 9.78 Å². The maximum atomic E-state index is 11.5. The number of carbonyl (C=O) groups excluding carboxylic acids is 2. The fraction of sp³-hybridized carbons (Fsp3) is 0.167. The van der Waals surface area contributed by atoms with E-state index < -0.39 is 11.9 Å². The Morgan fingerprint density at radius 3 is 2.95 bits per heavy atom. The van der Waals surface area contributed by atoms with E-state index in [0.717, 1.165) is 11.8 Å². The van der Waals surface area contributed by atoms with Crippen molar-refractivity contribution in [2.45, 2.75) is 11.7 Å². The van der Waals surface area contributed by atoms with Crippen LogP contribution in [0.3, 0.4) is 0 Å². The van der Waals surface area contributed by atoms with E-state index in [-0.39, 0.29) is 17.9 Å². The van der Waals surface area contributed by atoms with Gasteiger partial charge in [-0.3, -0.25) is 14.9 Å². The van der Waals surface area contributed by atoms with Gasteiger partial charge in [0.1, 0.15) is 5.76 Å².